The number of unbranched alkanes of at least 4 members (excludes halogenated alkanes) is 39. The Balaban J connectivity index is 4.36. The van der Waals surface area contributed by atoms with E-state index in [1.54, 1.807) is 0 Å². The number of hydrogen-bond acceptors (Lipinski definition) is 6. The van der Waals surface area contributed by atoms with Crippen LogP contribution in [0.4, 0.5) is 0 Å². The molecule has 1 atom stereocenters. The summed E-state index contributed by atoms with van der Waals surface area (Å²) in [4.78, 5) is 38.5. The Bertz CT molecular complexity index is 1530. The predicted octanol–water partition coefficient (Wildman–Crippen LogP) is 24.2. The Labute approximate surface area is 503 Å². The Hall–Kier alpha value is -3.41. The lowest BCUT2D eigenvalue weighted by molar-refractivity contribution is -0.167. The van der Waals surface area contributed by atoms with E-state index >= 15 is 0 Å². The van der Waals surface area contributed by atoms with Gasteiger partial charge in [-0.1, -0.05) is 324 Å². The van der Waals surface area contributed by atoms with Crippen molar-refractivity contribution in [3.05, 3.63) is 85.1 Å². The van der Waals surface area contributed by atoms with Crippen LogP contribution < -0.4 is 0 Å². The predicted molar refractivity (Wildman–Crippen MR) is 353 cm³/mol. The Kier molecular flexibility index (Phi) is 66.2. The monoisotopic (exact) mass is 1130 g/mol. The Morgan fingerprint density at radius 1 is 0.259 bits per heavy atom. The molecule has 468 valence electrons. The van der Waals surface area contributed by atoms with Gasteiger partial charge in [-0.15, -0.1) is 0 Å². The molecule has 0 N–H and O–H groups in total. The van der Waals surface area contributed by atoms with Gasteiger partial charge in [0.05, 0.1) is 0 Å². The van der Waals surface area contributed by atoms with E-state index in [4.69, 9.17) is 14.2 Å². The van der Waals surface area contributed by atoms with Crippen molar-refractivity contribution in [2.24, 2.45) is 0 Å². The van der Waals surface area contributed by atoms with E-state index in [1.165, 1.54) is 205 Å². The van der Waals surface area contributed by atoms with Crippen LogP contribution in [0.25, 0.3) is 0 Å². The van der Waals surface area contributed by atoms with Crippen molar-refractivity contribution in [3.8, 4) is 0 Å². The van der Waals surface area contributed by atoms with E-state index in [-0.39, 0.29) is 31.1 Å². The number of allylic oxidation sites excluding steroid dienone is 14. The number of ether oxygens (including phenoxy) is 3. The number of esters is 3. The lowest BCUT2D eigenvalue weighted by Crippen LogP contribution is -2.30. The molecule has 6 nitrogen and oxygen atoms in total. The van der Waals surface area contributed by atoms with Crippen molar-refractivity contribution in [3.63, 3.8) is 0 Å². The number of rotatable bonds is 64. The van der Waals surface area contributed by atoms with Crippen LogP contribution in [0, 0.1) is 0 Å². The minimum absolute atomic E-state index is 0.0785. The van der Waals surface area contributed by atoms with Crippen LogP contribution in [-0.2, 0) is 28.6 Å². The van der Waals surface area contributed by atoms with E-state index in [2.05, 4.69) is 106 Å². The average molecular weight is 1130 g/mol. The first-order valence-corrected chi connectivity index (χ1v) is 35.1. The highest BCUT2D eigenvalue weighted by atomic mass is 16.6. The molecule has 0 radical (unpaired) electrons. The van der Waals surface area contributed by atoms with Gasteiger partial charge in [-0.2, -0.15) is 0 Å². The summed E-state index contributed by atoms with van der Waals surface area (Å²) in [5.41, 5.74) is 0. The third-order valence-electron chi connectivity index (χ3n) is 15.4. The first-order chi connectivity index (χ1) is 40.0. The molecule has 0 aromatic rings. The quantitative estimate of drug-likeness (QED) is 0.0261. The molecular formula is C75H132O6. The molecule has 0 spiro atoms. The molecule has 0 bridgehead atoms. The molecule has 0 rings (SSSR count). The molecule has 0 aliphatic carbocycles. The molecule has 0 heterocycles. The van der Waals surface area contributed by atoms with Gasteiger partial charge in [0.15, 0.2) is 6.10 Å². The van der Waals surface area contributed by atoms with Crippen molar-refractivity contribution in [2.45, 2.75) is 361 Å². The average Bonchev–Trinajstić information content (AvgIpc) is 3.47. The molecule has 1 unspecified atom stereocenters. The van der Waals surface area contributed by atoms with Gasteiger partial charge in [0.25, 0.3) is 0 Å². The summed E-state index contributed by atoms with van der Waals surface area (Å²) in [6.45, 7) is 6.56. The van der Waals surface area contributed by atoms with Crippen LogP contribution in [-0.4, -0.2) is 37.2 Å². The second-order valence-electron chi connectivity index (χ2n) is 23.4. The first kappa shape index (κ1) is 77.6. The fourth-order valence-electron chi connectivity index (χ4n) is 10.2. The summed E-state index contributed by atoms with van der Waals surface area (Å²) in [6, 6.07) is 0. The first-order valence-electron chi connectivity index (χ1n) is 35.1. The zero-order valence-corrected chi connectivity index (χ0v) is 53.8. The van der Waals surface area contributed by atoms with Crippen molar-refractivity contribution >= 4 is 17.9 Å². The fraction of sp³-hybridized carbons (Fsp3) is 0.773. The van der Waals surface area contributed by atoms with Gasteiger partial charge < -0.3 is 14.2 Å². The third-order valence-corrected chi connectivity index (χ3v) is 15.4. The molecule has 0 aliphatic heterocycles. The molecule has 81 heavy (non-hydrogen) atoms. The third kappa shape index (κ3) is 67.3. The number of carbonyl (C=O) groups is 3. The minimum Gasteiger partial charge on any atom is -0.462 e. The largest absolute Gasteiger partial charge is 0.462 e. The zero-order chi connectivity index (χ0) is 58.5. The second-order valence-corrected chi connectivity index (χ2v) is 23.4. The summed E-state index contributed by atoms with van der Waals surface area (Å²) in [7, 11) is 0. The topological polar surface area (TPSA) is 78.9 Å². The lowest BCUT2D eigenvalue weighted by atomic mass is 10.0. The second kappa shape index (κ2) is 69.1. The van der Waals surface area contributed by atoms with Crippen LogP contribution in [0.3, 0.4) is 0 Å². The van der Waals surface area contributed by atoms with E-state index in [1.807, 2.05) is 0 Å². The standard InChI is InChI=1S/C75H132O6/c1-4-7-10-13-16-19-22-25-28-31-33-35-36-37-38-40-41-44-47-50-53-56-59-62-65-68-74(77)80-71-72(70-79-73(76)67-64-61-58-55-52-49-46-43-30-27-24-21-18-15-12-9-6-3)81-75(78)69-66-63-60-57-54-51-48-45-42-39-34-32-29-26-23-20-17-14-11-8-5-2/h7,10,16,19,23,25-26,28,32-35,42,45,72H,4-6,8-9,11-15,17-18,20-22,24,27,29-31,36-41,43-44,46-71H2,1-3H3/b10-7-,19-16-,26-23-,28-25-,34-32-,35-33-,45-42-. The molecule has 0 aromatic heterocycles. The molecular weight excluding hydrogens is 997 g/mol. The fourth-order valence-corrected chi connectivity index (χ4v) is 10.2. The van der Waals surface area contributed by atoms with Crippen LogP contribution >= 0.6 is 0 Å². The number of carbonyl (C=O) groups excluding carboxylic acids is 3. The van der Waals surface area contributed by atoms with Gasteiger partial charge in [-0.25, -0.2) is 0 Å². The van der Waals surface area contributed by atoms with Crippen molar-refractivity contribution in [2.75, 3.05) is 13.2 Å². The van der Waals surface area contributed by atoms with Crippen molar-refractivity contribution in [1.82, 2.24) is 0 Å². The van der Waals surface area contributed by atoms with Gasteiger partial charge >= 0.3 is 17.9 Å². The van der Waals surface area contributed by atoms with Crippen LogP contribution in [0.2, 0.25) is 0 Å². The van der Waals surface area contributed by atoms with Gasteiger partial charge in [-0.05, 0) is 96.3 Å². The SMILES string of the molecule is CC/C=C\C/C=C\C/C=C\C/C=C\CCCCCCCCCCCCCCC(=O)OCC(COC(=O)CCCCCCCCCCCCCCCCCCC)OC(=O)CCCCCCCC/C=C\C/C=C\C/C=C\CCCCCCC. The summed E-state index contributed by atoms with van der Waals surface area (Å²) >= 11 is 0. The smallest absolute Gasteiger partial charge is 0.306 e. The maximum absolute atomic E-state index is 13.0. The zero-order valence-electron chi connectivity index (χ0n) is 53.8. The molecule has 0 saturated carbocycles. The maximum atomic E-state index is 13.0. The van der Waals surface area contributed by atoms with E-state index in [9.17, 15) is 14.4 Å². The summed E-state index contributed by atoms with van der Waals surface area (Å²) in [6.07, 6.45) is 91.7. The Morgan fingerprint density at radius 2 is 0.481 bits per heavy atom. The van der Waals surface area contributed by atoms with Crippen LogP contribution in [0.5, 0.6) is 0 Å². The highest BCUT2D eigenvalue weighted by molar-refractivity contribution is 5.71. The molecule has 0 fully saturated rings. The van der Waals surface area contributed by atoms with Crippen molar-refractivity contribution in [1.29, 1.82) is 0 Å². The Morgan fingerprint density at radius 3 is 0.753 bits per heavy atom. The molecule has 0 aromatic carbocycles. The van der Waals surface area contributed by atoms with Crippen LogP contribution in [0.1, 0.15) is 355 Å². The summed E-state index contributed by atoms with van der Waals surface area (Å²) in [5, 5.41) is 0. The number of hydrogen-bond donors (Lipinski definition) is 0. The molecule has 0 aliphatic rings. The van der Waals surface area contributed by atoms with E-state index in [0.717, 1.165) is 109 Å². The van der Waals surface area contributed by atoms with Gasteiger partial charge in [0.1, 0.15) is 13.2 Å². The highest BCUT2D eigenvalue weighted by Gasteiger charge is 2.19. The van der Waals surface area contributed by atoms with Gasteiger partial charge in [0, 0.05) is 19.3 Å². The van der Waals surface area contributed by atoms with Gasteiger partial charge in [-0.3, -0.25) is 14.4 Å². The van der Waals surface area contributed by atoms with E-state index < -0.39 is 6.10 Å². The summed E-state index contributed by atoms with van der Waals surface area (Å²) < 4.78 is 17.0. The van der Waals surface area contributed by atoms with Gasteiger partial charge in [0.2, 0.25) is 0 Å². The minimum atomic E-state index is -0.785. The van der Waals surface area contributed by atoms with Crippen LogP contribution in [0.15, 0.2) is 85.1 Å². The molecule has 6 heteroatoms. The molecule has 0 saturated heterocycles. The van der Waals surface area contributed by atoms with E-state index in [0.29, 0.717) is 19.3 Å². The highest BCUT2D eigenvalue weighted by Crippen LogP contribution is 2.17. The summed E-state index contributed by atoms with van der Waals surface area (Å²) in [5.74, 6) is -0.873. The maximum Gasteiger partial charge on any atom is 0.306 e. The normalized spacial score (nSPS) is 12.6. The molecule has 0 amide bonds. The lowest BCUT2D eigenvalue weighted by Gasteiger charge is -2.18. The van der Waals surface area contributed by atoms with Crippen molar-refractivity contribution < 1.29 is 28.6 Å².